The molecule has 0 N–H and O–H groups in total. The molecule has 0 heterocycles. The van der Waals surface area contributed by atoms with Gasteiger partial charge in [-0.05, 0) is 19.9 Å². The molecule has 1 unspecified atom stereocenters. The topological polar surface area (TPSA) is 26.3 Å². The van der Waals surface area contributed by atoms with Crippen molar-refractivity contribution in [2.24, 2.45) is 0 Å². The second-order valence-corrected chi connectivity index (χ2v) is 4.06. The minimum absolute atomic E-state index is 0.169. The number of carbonyl (C=O) groups is 1. The maximum Gasteiger partial charge on any atom is 0.348 e. The van der Waals surface area contributed by atoms with Crippen molar-refractivity contribution >= 4 is 21.9 Å². The van der Waals surface area contributed by atoms with Crippen LogP contribution in [0.4, 0.5) is 4.39 Å². The predicted molar refractivity (Wildman–Crippen MR) is 59.2 cm³/mol. The minimum Gasteiger partial charge on any atom is -0.463 e. The Balaban J connectivity index is 3.05. The minimum atomic E-state index is -2.11. The molecule has 1 aromatic carbocycles. The summed E-state index contributed by atoms with van der Waals surface area (Å²) < 4.78 is 19.4. The lowest BCUT2D eigenvalue weighted by molar-refractivity contribution is -0.156. The summed E-state index contributed by atoms with van der Waals surface area (Å²) >= 11 is 3.20. The fourth-order valence-corrected chi connectivity index (χ4v) is 1.88. The van der Waals surface area contributed by atoms with E-state index in [1.807, 2.05) is 0 Å². The molecule has 0 bridgehead atoms. The van der Waals surface area contributed by atoms with Crippen molar-refractivity contribution in [3.63, 3.8) is 0 Å². The molecule has 15 heavy (non-hydrogen) atoms. The van der Waals surface area contributed by atoms with Crippen LogP contribution in [0.2, 0.25) is 0 Å². The molecular weight excluding hydrogens is 263 g/mol. The number of ether oxygens (including phenoxy) is 1. The van der Waals surface area contributed by atoms with Crippen molar-refractivity contribution in [1.29, 1.82) is 0 Å². The number of halogens is 2. The summed E-state index contributed by atoms with van der Waals surface area (Å²) in [6.45, 7) is 3.02. The number of esters is 1. The summed E-state index contributed by atoms with van der Waals surface area (Å²) in [5, 5.41) is 0. The molecule has 0 aromatic heterocycles. The van der Waals surface area contributed by atoms with E-state index in [0.717, 1.165) is 0 Å². The van der Waals surface area contributed by atoms with Crippen molar-refractivity contribution in [2.75, 3.05) is 6.61 Å². The normalized spacial score (nSPS) is 14.4. The summed E-state index contributed by atoms with van der Waals surface area (Å²) in [4.78, 5) is 11.4. The van der Waals surface area contributed by atoms with Crippen LogP contribution in [0.1, 0.15) is 19.4 Å². The van der Waals surface area contributed by atoms with Gasteiger partial charge in [0, 0.05) is 10.0 Å². The predicted octanol–water partition coefficient (Wildman–Crippen LogP) is 3.20. The second kappa shape index (κ2) is 4.75. The first-order chi connectivity index (χ1) is 7.00. The third-order valence-electron chi connectivity index (χ3n) is 2.04. The lowest BCUT2D eigenvalue weighted by atomic mass is 9.98. The molecule has 0 saturated carbocycles. The summed E-state index contributed by atoms with van der Waals surface area (Å²) in [5.74, 6) is -0.864. The van der Waals surface area contributed by atoms with Crippen LogP contribution in [-0.2, 0) is 15.2 Å². The van der Waals surface area contributed by atoms with Gasteiger partial charge in [-0.3, -0.25) is 0 Å². The molecule has 4 heteroatoms. The van der Waals surface area contributed by atoms with E-state index in [-0.39, 0.29) is 12.2 Å². The van der Waals surface area contributed by atoms with E-state index in [1.54, 1.807) is 31.2 Å². The van der Waals surface area contributed by atoms with Gasteiger partial charge >= 0.3 is 5.97 Å². The Labute approximate surface area is 96.6 Å². The van der Waals surface area contributed by atoms with Gasteiger partial charge in [-0.2, -0.15) is 0 Å². The van der Waals surface area contributed by atoms with Gasteiger partial charge in [0.25, 0.3) is 0 Å². The van der Waals surface area contributed by atoms with Crippen LogP contribution in [-0.4, -0.2) is 12.6 Å². The summed E-state index contributed by atoms with van der Waals surface area (Å²) in [6.07, 6.45) is 0. The molecule has 0 spiro atoms. The van der Waals surface area contributed by atoms with Crippen molar-refractivity contribution < 1.29 is 13.9 Å². The van der Waals surface area contributed by atoms with Crippen LogP contribution >= 0.6 is 15.9 Å². The molecule has 0 aliphatic rings. The third kappa shape index (κ3) is 2.56. The molecule has 0 radical (unpaired) electrons. The standard InChI is InChI=1S/C11H12BrFO2/c1-3-15-10(14)11(2,13)8-6-4-5-7-9(8)12/h4-7H,3H2,1-2H3. The summed E-state index contributed by atoms with van der Waals surface area (Å²) in [5.41, 5.74) is -1.83. The summed E-state index contributed by atoms with van der Waals surface area (Å²) in [6, 6.07) is 6.68. The van der Waals surface area contributed by atoms with E-state index in [4.69, 9.17) is 0 Å². The molecule has 0 aliphatic carbocycles. The first-order valence-corrected chi connectivity index (χ1v) is 5.40. The smallest absolute Gasteiger partial charge is 0.348 e. The van der Waals surface area contributed by atoms with Crippen LogP contribution < -0.4 is 0 Å². The van der Waals surface area contributed by atoms with Gasteiger partial charge in [-0.15, -0.1) is 0 Å². The van der Waals surface area contributed by atoms with Crippen LogP contribution in [0.25, 0.3) is 0 Å². The number of carbonyl (C=O) groups excluding carboxylic acids is 1. The average Bonchev–Trinajstić information content (AvgIpc) is 2.18. The van der Waals surface area contributed by atoms with Gasteiger partial charge < -0.3 is 4.74 Å². The maximum absolute atomic E-state index is 14.2. The highest BCUT2D eigenvalue weighted by Gasteiger charge is 2.38. The van der Waals surface area contributed by atoms with E-state index in [1.165, 1.54) is 6.92 Å². The number of alkyl halides is 1. The number of hydrogen-bond donors (Lipinski definition) is 0. The second-order valence-electron chi connectivity index (χ2n) is 3.20. The first-order valence-electron chi connectivity index (χ1n) is 4.61. The van der Waals surface area contributed by atoms with Gasteiger partial charge in [0.2, 0.25) is 5.67 Å². The van der Waals surface area contributed by atoms with Crippen molar-refractivity contribution in [1.82, 2.24) is 0 Å². The molecule has 0 saturated heterocycles. The number of hydrogen-bond acceptors (Lipinski definition) is 2. The molecule has 0 amide bonds. The lowest BCUT2D eigenvalue weighted by Crippen LogP contribution is -2.30. The van der Waals surface area contributed by atoms with Crippen LogP contribution in [0.3, 0.4) is 0 Å². The zero-order chi connectivity index (χ0) is 11.5. The molecule has 1 aromatic rings. The Bertz CT molecular complexity index is 363. The Hall–Kier alpha value is -0.900. The van der Waals surface area contributed by atoms with Crippen LogP contribution in [0.15, 0.2) is 28.7 Å². The fourth-order valence-electron chi connectivity index (χ4n) is 1.22. The van der Waals surface area contributed by atoms with Gasteiger partial charge in [0.15, 0.2) is 0 Å². The van der Waals surface area contributed by atoms with E-state index >= 15 is 0 Å². The van der Waals surface area contributed by atoms with E-state index in [2.05, 4.69) is 20.7 Å². The molecule has 0 fully saturated rings. The van der Waals surface area contributed by atoms with Crippen LogP contribution in [0.5, 0.6) is 0 Å². The van der Waals surface area contributed by atoms with E-state index in [9.17, 15) is 9.18 Å². The maximum atomic E-state index is 14.2. The van der Waals surface area contributed by atoms with E-state index < -0.39 is 11.6 Å². The first kappa shape index (κ1) is 12.2. The molecule has 82 valence electrons. The highest BCUT2D eigenvalue weighted by Crippen LogP contribution is 2.32. The SMILES string of the molecule is CCOC(=O)C(C)(F)c1ccccc1Br. The Morgan fingerprint density at radius 1 is 1.53 bits per heavy atom. The monoisotopic (exact) mass is 274 g/mol. The Morgan fingerprint density at radius 3 is 2.67 bits per heavy atom. The number of benzene rings is 1. The third-order valence-corrected chi connectivity index (χ3v) is 2.73. The van der Waals surface area contributed by atoms with Gasteiger partial charge in [-0.1, -0.05) is 34.1 Å². The zero-order valence-electron chi connectivity index (χ0n) is 8.59. The van der Waals surface area contributed by atoms with Gasteiger partial charge in [-0.25, -0.2) is 9.18 Å². The van der Waals surface area contributed by atoms with Crippen molar-refractivity contribution in [3.05, 3.63) is 34.3 Å². The molecule has 2 nitrogen and oxygen atoms in total. The lowest BCUT2D eigenvalue weighted by Gasteiger charge is -2.19. The van der Waals surface area contributed by atoms with Gasteiger partial charge in [0.1, 0.15) is 0 Å². The van der Waals surface area contributed by atoms with Gasteiger partial charge in [0.05, 0.1) is 6.61 Å². The molecule has 0 aliphatic heterocycles. The zero-order valence-corrected chi connectivity index (χ0v) is 10.2. The summed E-state index contributed by atoms with van der Waals surface area (Å²) in [7, 11) is 0. The fraction of sp³-hybridized carbons (Fsp3) is 0.364. The highest BCUT2D eigenvalue weighted by molar-refractivity contribution is 9.10. The number of rotatable bonds is 3. The average molecular weight is 275 g/mol. The molecule has 1 atom stereocenters. The van der Waals surface area contributed by atoms with E-state index in [0.29, 0.717) is 4.47 Å². The molecular formula is C11H12BrFO2. The van der Waals surface area contributed by atoms with Crippen LogP contribution in [0, 0.1) is 0 Å². The Morgan fingerprint density at radius 2 is 2.13 bits per heavy atom. The van der Waals surface area contributed by atoms with Crippen molar-refractivity contribution in [3.8, 4) is 0 Å². The Kier molecular flexibility index (Phi) is 3.85. The quantitative estimate of drug-likeness (QED) is 0.792. The van der Waals surface area contributed by atoms with Crippen molar-refractivity contribution in [2.45, 2.75) is 19.5 Å². The highest BCUT2D eigenvalue weighted by atomic mass is 79.9. The molecule has 1 rings (SSSR count). The largest absolute Gasteiger partial charge is 0.463 e.